The predicted octanol–water partition coefficient (Wildman–Crippen LogP) is 3.15. The van der Waals surface area contributed by atoms with Crippen LogP contribution < -0.4 is 0 Å². The molecule has 1 heteroatoms. The van der Waals surface area contributed by atoms with E-state index in [1.165, 1.54) is 19.3 Å². The molecule has 0 N–H and O–H groups in total. The average Bonchev–Trinajstić information content (AvgIpc) is 2.51. The molecule has 2 aliphatic carbocycles. The molecule has 0 aromatic heterocycles. The molecule has 2 bridgehead atoms. The zero-order valence-corrected chi connectivity index (χ0v) is 10.6. The lowest BCUT2D eigenvalue weighted by molar-refractivity contribution is -0.0565. The minimum Gasteiger partial charge on any atom is -0.303 e. The molecular weight excluding hydrogens is 170 g/mol. The first kappa shape index (κ1) is 10.5. The maximum absolute atomic E-state index is 2.50. The highest BCUT2D eigenvalue weighted by atomic mass is 15.2. The summed E-state index contributed by atoms with van der Waals surface area (Å²) in [6.45, 7) is 9.93. The van der Waals surface area contributed by atoms with Crippen molar-refractivity contribution in [3.63, 3.8) is 0 Å². The Balaban J connectivity index is 2.49. The minimum absolute atomic E-state index is 0.378. The van der Waals surface area contributed by atoms with E-state index in [9.17, 15) is 0 Å². The fourth-order valence-electron chi connectivity index (χ4n) is 4.59. The molecule has 0 spiro atoms. The van der Waals surface area contributed by atoms with Crippen molar-refractivity contribution in [3.8, 4) is 0 Å². The van der Waals surface area contributed by atoms with Gasteiger partial charge < -0.3 is 4.90 Å². The molecule has 3 atom stereocenters. The molecule has 0 amide bonds. The summed E-state index contributed by atoms with van der Waals surface area (Å²) < 4.78 is 0. The van der Waals surface area contributed by atoms with E-state index in [0.29, 0.717) is 16.4 Å². The third-order valence-electron chi connectivity index (χ3n) is 6.09. The summed E-state index contributed by atoms with van der Waals surface area (Å²) in [6, 6.07) is 0. The lowest BCUT2D eigenvalue weighted by Gasteiger charge is -2.56. The summed E-state index contributed by atoms with van der Waals surface area (Å²) in [5.41, 5.74) is 1.40. The fraction of sp³-hybridized carbons (Fsp3) is 1.00. The molecule has 1 nitrogen and oxygen atoms in total. The molecule has 0 aromatic rings. The Hall–Kier alpha value is -0.0400. The molecule has 82 valence electrons. The van der Waals surface area contributed by atoms with Gasteiger partial charge in [0.1, 0.15) is 0 Å². The second-order valence-corrected chi connectivity index (χ2v) is 6.69. The Morgan fingerprint density at radius 2 is 1.64 bits per heavy atom. The minimum atomic E-state index is 0.378. The Labute approximate surface area is 88.9 Å². The average molecular weight is 195 g/mol. The van der Waals surface area contributed by atoms with Gasteiger partial charge in [-0.15, -0.1) is 0 Å². The zero-order chi connectivity index (χ0) is 10.8. The van der Waals surface area contributed by atoms with E-state index in [1.54, 1.807) is 0 Å². The van der Waals surface area contributed by atoms with Crippen molar-refractivity contribution in [3.05, 3.63) is 0 Å². The molecule has 2 saturated carbocycles. The van der Waals surface area contributed by atoms with Crippen LogP contribution in [0.1, 0.15) is 47.0 Å². The highest BCUT2D eigenvalue weighted by molar-refractivity contribution is 5.19. The normalized spacial score (nSPS) is 50.4. The molecule has 0 radical (unpaired) electrons. The van der Waals surface area contributed by atoms with Gasteiger partial charge >= 0.3 is 0 Å². The lowest BCUT2D eigenvalue weighted by Crippen LogP contribution is -2.60. The van der Waals surface area contributed by atoms with Gasteiger partial charge in [0.25, 0.3) is 0 Å². The van der Waals surface area contributed by atoms with Gasteiger partial charge in [-0.2, -0.15) is 0 Å². The Morgan fingerprint density at radius 1 is 1.07 bits per heavy atom. The van der Waals surface area contributed by atoms with Crippen LogP contribution in [0.25, 0.3) is 0 Å². The van der Waals surface area contributed by atoms with Crippen LogP contribution in [0.2, 0.25) is 0 Å². The monoisotopic (exact) mass is 195 g/mol. The summed E-state index contributed by atoms with van der Waals surface area (Å²) in [5, 5.41) is 0. The van der Waals surface area contributed by atoms with E-state index < -0.39 is 0 Å². The van der Waals surface area contributed by atoms with Crippen LogP contribution in [0, 0.1) is 16.7 Å². The van der Waals surface area contributed by atoms with Crippen LogP contribution in [-0.2, 0) is 0 Å². The molecular formula is C13H25N. The molecule has 0 unspecified atom stereocenters. The van der Waals surface area contributed by atoms with Gasteiger partial charge in [0.15, 0.2) is 0 Å². The summed E-state index contributed by atoms with van der Waals surface area (Å²) in [6.07, 6.45) is 4.32. The number of nitrogens with zero attached hydrogens (tertiary/aromatic N) is 1. The highest BCUT2D eigenvalue weighted by Gasteiger charge is 2.67. The number of hydrogen-bond donors (Lipinski definition) is 0. The van der Waals surface area contributed by atoms with Crippen molar-refractivity contribution in [1.82, 2.24) is 4.90 Å². The fourth-order valence-corrected chi connectivity index (χ4v) is 4.59. The van der Waals surface area contributed by atoms with Crippen molar-refractivity contribution >= 4 is 0 Å². The molecule has 0 heterocycles. The van der Waals surface area contributed by atoms with E-state index in [2.05, 4.69) is 46.7 Å². The Morgan fingerprint density at radius 3 is 1.93 bits per heavy atom. The third kappa shape index (κ3) is 0.856. The van der Waals surface area contributed by atoms with Gasteiger partial charge in [-0.25, -0.2) is 0 Å². The number of rotatable bonds is 1. The summed E-state index contributed by atoms with van der Waals surface area (Å²) in [5.74, 6) is 0.944. The molecule has 2 fully saturated rings. The van der Waals surface area contributed by atoms with Crippen molar-refractivity contribution in [2.75, 3.05) is 14.1 Å². The maximum Gasteiger partial charge on any atom is 0.0282 e. The topological polar surface area (TPSA) is 3.24 Å². The van der Waals surface area contributed by atoms with Crippen molar-refractivity contribution < 1.29 is 0 Å². The second kappa shape index (κ2) is 2.55. The van der Waals surface area contributed by atoms with Gasteiger partial charge in [0, 0.05) is 5.54 Å². The summed E-state index contributed by atoms with van der Waals surface area (Å²) in [7, 11) is 4.52. The van der Waals surface area contributed by atoms with Crippen LogP contribution in [0.15, 0.2) is 0 Å². The van der Waals surface area contributed by atoms with E-state index in [1.807, 2.05) is 0 Å². The van der Waals surface area contributed by atoms with E-state index in [4.69, 9.17) is 0 Å². The zero-order valence-electron chi connectivity index (χ0n) is 10.6. The molecule has 2 aliphatic rings. The number of fused-ring (bicyclic) bond motifs is 2. The van der Waals surface area contributed by atoms with Crippen molar-refractivity contribution in [1.29, 1.82) is 0 Å². The van der Waals surface area contributed by atoms with Crippen LogP contribution in [0.3, 0.4) is 0 Å². The summed E-state index contributed by atoms with van der Waals surface area (Å²) in [4.78, 5) is 2.48. The van der Waals surface area contributed by atoms with Crippen LogP contribution in [-0.4, -0.2) is 24.5 Å². The first-order valence-electron chi connectivity index (χ1n) is 5.93. The Kier molecular flexibility index (Phi) is 1.91. The highest BCUT2D eigenvalue weighted by Crippen LogP contribution is 2.69. The number of hydrogen-bond acceptors (Lipinski definition) is 1. The molecule has 0 aliphatic heterocycles. The molecule has 14 heavy (non-hydrogen) atoms. The third-order valence-corrected chi connectivity index (χ3v) is 6.09. The first-order valence-corrected chi connectivity index (χ1v) is 5.93. The van der Waals surface area contributed by atoms with Crippen LogP contribution >= 0.6 is 0 Å². The molecule has 2 rings (SSSR count). The van der Waals surface area contributed by atoms with E-state index in [0.717, 1.165) is 5.92 Å². The van der Waals surface area contributed by atoms with Crippen molar-refractivity contribution in [2.45, 2.75) is 52.5 Å². The van der Waals surface area contributed by atoms with E-state index >= 15 is 0 Å². The standard InChI is InChI=1S/C13H25N/c1-11(2)10-7-8-12(3,9-10)13(11,4)14(5)6/h10H,7-9H2,1-6H3/t10-,12+,13+/m0/s1. The van der Waals surface area contributed by atoms with Gasteiger partial charge in [0.05, 0.1) is 0 Å². The largest absolute Gasteiger partial charge is 0.303 e. The van der Waals surface area contributed by atoms with Crippen LogP contribution in [0.4, 0.5) is 0 Å². The van der Waals surface area contributed by atoms with Crippen molar-refractivity contribution in [2.24, 2.45) is 16.7 Å². The Bertz CT molecular complexity index is 249. The molecule has 0 saturated heterocycles. The smallest absolute Gasteiger partial charge is 0.0282 e. The lowest BCUT2D eigenvalue weighted by atomic mass is 9.58. The van der Waals surface area contributed by atoms with Gasteiger partial charge in [0.2, 0.25) is 0 Å². The maximum atomic E-state index is 2.50. The van der Waals surface area contributed by atoms with E-state index in [-0.39, 0.29) is 0 Å². The molecule has 0 aromatic carbocycles. The van der Waals surface area contributed by atoms with Crippen LogP contribution in [0.5, 0.6) is 0 Å². The SMILES string of the molecule is CN(C)[C@]1(C)C(C)(C)[C@H]2CC[C@]1(C)C2. The second-order valence-electron chi connectivity index (χ2n) is 6.69. The van der Waals surface area contributed by atoms with Gasteiger partial charge in [-0.1, -0.05) is 20.8 Å². The first-order chi connectivity index (χ1) is 6.26. The predicted molar refractivity (Wildman–Crippen MR) is 61.3 cm³/mol. The summed E-state index contributed by atoms with van der Waals surface area (Å²) >= 11 is 0. The quantitative estimate of drug-likeness (QED) is 0.621. The van der Waals surface area contributed by atoms with Gasteiger partial charge in [-0.05, 0) is 57.0 Å². The van der Waals surface area contributed by atoms with Gasteiger partial charge in [-0.3, -0.25) is 0 Å².